The van der Waals surface area contributed by atoms with Crippen LogP contribution in [0, 0.1) is 13.8 Å². The van der Waals surface area contributed by atoms with Crippen molar-refractivity contribution in [3.05, 3.63) is 41.3 Å². The van der Waals surface area contributed by atoms with Crippen molar-refractivity contribution >= 4 is 5.69 Å². The molecule has 2 aromatic rings. The molecule has 4 heteroatoms. The first-order valence-electron chi connectivity index (χ1n) is 7.54. The van der Waals surface area contributed by atoms with E-state index in [1.807, 2.05) is 26.0 Å². The number of nitrogens with zero attached hydrogens (tertiary/aromatic N) is 2. The van der Waals surface area contributed by atoms with Gasteiger partial charge in [0.25, 0.3) is 0 Å². The number of nitrogens with one attached hydrogen (secondary N) is 1. The Hall–Kier alpha value is -1.97. The molecule has 0 aliphatic heterocycles. The predicted octanol–water partition coefficient (Wildman–Crippen LogP) is 3.92. The average molecular weight is 287 g/mol. The molecule has 0 fully saturated rings. The highest BCUT2D eigenvalue weighted by Crippen LogP contribution is 2.23. The largest absolute Gasteiger partial charge is 0.473 e. The number of anilines is 1. The molecule has 0 bridgehead atoms. The second kappa shape index (κ2) is 6.66. The van der Waals surface area contributed by atoms with E-state index in [0.717, 1.165) is 18.8 Å². The first-order valence-corrected chi connectivity index (χ1v) is 7.54. The van der Waals surface area contributed by atoms with E-state index in [-0.39, 0.29) is 6.10 Å². The predicted molar refractivity (Wildman–Crippen MR) is 86.9 cm³/mol. The van der Waals surface area contributed by atoms with E-state index in [4.69, 9.17) is 4.74 Å². The molecule has 0 saturated heterocycles. The third kappa shape index (κ3) is 3.57. The molecule has 0 unspecified atom stereocenters. The fourth-order valence-electron chi connectivity index (χ4n) is 2.57. The monoisotopic (exact) mass is 287 g/mol. The zero-order valence-corrected chi connectivity index (χ0v) is 13.6. The van der Waals surface area contributed by atoms with Crippen LogP contribution in [0.5, 0.6) is 5.88 Å². The van der Waals surface area contributed by atoms with Crippen LogP contribution in [0.1, 0.15) is 37.7 Å². The molecule has 2 aromatic heterocycles. The third-order valence-corrected chi connectivity index (χ3v) is 3.58. The molecule has 2 rings (SSSR count). The van der Waals surface area contributed by atoms with Crippen LogP contribution in [-0.4, -0.2) is 15.7 Å². The summed E-state index contributed by atoms with van der Waals surface area (Å²) in [7, 11) is 0. The fraction of sp³-hybridized carbons (Fsp3) is 0.471. The van der Waals surface area contributed by atoms with Crippen molar-refractivity contribution in [1.29, 1.82) is 0 Å². The molecule has 0 radical (unpaired) electrons. The van der Waals surface area contributed by atoms with E-state index < -0.39 is 0 Å². The Morgan fingerprint density at radius 2 is 2.10 bits per heavy atom. The molecular weight excluding hydrogens is 262 g/mol. The molecule has 0 amide bonds. The summed E-state index contributed by atoms with van der Waals surface area (Å²) < 4.78 is 8.06. The summed E-state index contributed by atoms with van der Waals surface area (Å²) in [5, 5.41) is 3.44. The molecule has 4 nitrogen and oxygen atoms in total. The van der Waals surface area contributed by atoms with Gasteiger partial charge < -0.3 is 14.6 Å². The van der Waals surface area contributed by atoms with E-state index in [9.17, 15) is 0 Å². The van der Waals surface area contributed by atoms with Gasteiger partial charge in [-0.1, -0.05) is 0 Å². The molecule has 114 valence electrons. The third-order valence-electron chi connectivity index (χ3n) is 3.58. The number of aryl methyl sites for hydroxylation is 1. The number of ether oxygens (including phenoxy) is 1. The summed E-state index contributed by atoms with van der Waals surface area (Å²) in [5.41, 5.74) is 4.87. The minimum atomic E-state index is 0.116. The highest BCUT2D eigenvalue weighted by molar-refractivity contribution is 5.52. The molecule has 0 aliphatic rings. The normalized spacial score (nSPS) is 11.0. The lowest BCUT2D eigenvalue weighted by Crippen LogP contribution is -2.10. The molecular formula is C17H25N3O. The number of pyridine rings is 1. The Labute approximate surface area is 127 Å². The van der Waals surface area contributed by atoms with E-state index in [1.54, 1.807) is 6.20 Å². The van der Waals surface area contributed by atoms with Gasteiger partial charge in [-0.05, 0) is 58.4 Å². The summed E-state index contributed by atoms with van der Waals surface area (Å²) >= 11 is 0. The molecule has 0 spiro atoms. The highest BCUT2D eigenvalue weighted by atomic mass is 16.5. The van der Waals surface area contributed by atoms with Crippen LogP contribution in [0.15, 0.2) is 24.4 Å². The first kappa shape index (κ1) is 15.4. The number of aromatic nitrogens is 2. The SMILES string of the molecule is CCn1c(C)cc(CNc2cccnc2OC(C)C)c1C. The number of rotatable bonds is 6. The maximum absolute atomic E-state index is 5.74. The van der Waals surface area contributed by atoms with Crippen LogP contribution in [0.25, 0.3) is 0 Å². The molecule has 0 atom stereocenters. The van der Waals surface area contributed by atoms with Crippen molar-refractivity contribution in [2.45, 2.75) is 53.8 Å². The summed E-state index contributed by atoms with van der Waals surface area (Å²) in [5.74, 6) is 0.664. The van der Waals surface area contributed by atoms with Crippen molar-refractivity contribution in [3.63, 3.8) is 0 Å². The van der Waals surface area contributed by atoms with Gasteiger partial charge >= 0.3 is 0 Å². The maximum atomic E-state index is 5.74. The zero-order chi connectivity index (χ0) is 15.4. The van der Waals surface area contributed by atoms with Crippen molar-refractivity contribution in [1.82, 2.24) is 9.55 Å². The molecule has 0 aromatic carbocycles. The van der Waals surface area contributed by atoms with E-state index in [0.29, 0.717) is 5.88 Å². The van der Waals surface area contributed by atoms with Crippen LogP contribution in [0.4, 0.5) is 5.69 Å². The Morgan fingerprint density at radius 1 is 1.33 bits per heavy atom. The van der Waals surface area contributed by atoms with Crippen LogP contribution in [0.3, 0.4) is 0 Å². The molecule has 2 heterocycles. The smallest absolute Gasteiger partial charge is 0.237 e. The minimum absolute atomic E-state index is 0.116. The Morgan fingerprint density at radius 3 is 2.71 bits per heavy atom. The van der Waals surface area contributed by atoms with Gasteiger partial charge in [-0.3, -0.25) is 0 Å². The second-order valence-corrected chi connectivity index (χ2v) is 5.52. The van der Waals surface area contributed by atoms with Crippen molar-refractivity contribution in [2.24, 2.45) is 0 Å². The Kier molecular flexibility index (Phi) is 4.89. The molecule has 0 aliphatic carbocycles. The summed E-state index contributed by atoms with van der Waals surface area (Å²) in [4.78, 5) is 4.30. The lowest BCUT2D eigenvalue weighted by Gasteiger charge is -2.14. The van der Waals surface area contributed by atoms with E-state index in [1.165, 1.54) is 17.0 Å². The lowest BCUT2D eigenvalue weighted by molar-refractivity contribution is 0.234. The van der Waals surface area contributed by atoms with E-state index >= 15 is 0 Å². The fourth-order valence-corrected chi connectivity index (χ4v) is 2.57. The van der Waals surface area contributed by atoms with Gasteiger partial charge in [-0.25, -0.2) is 4.98 Å². The summed E-state index contributed by atoms with van der Waals surface area (Å²) in [6, 6.07) is 6.17. The molecule has 1 N–H and O–H groups in total. The van der Waals surface area contributed by atoms with Gasteiger partial charge in [0.15, 0.2) is 0 Å². The number of hydrogen-bond donors (Lipinski definition) is 1. The lowest BCUT2D eigenvalue weighted by atomic mass is 10.2. The van der Waals surface area contributed by atoms with Crippen molar-refractivity contribution < 1.29 is 4.74 Å². The maximum Gasteiger partial charge on any atom is 0.237 e. The van der Waals surface area contributed by atoms with Crippen molar-refractivity contribution in [2.75, 3.05) is 5.32 Å². The van der Waals surface area contributed by atoms with Crippen LogP contribution in [-0.2, 0) is 13.1 Å². The van der Waals surface area contributed by atoms with Crippen molar-refractivity contribution in [3.8, 4) is 5.88 Å². The zero-order valence-electron chi connectivity index (χ0n) is 13.6. The minimum Gasteiger partial charge on any atom is -0.473 e. The topological polar surface area (TPSA) is 39.1 Å². The Bertz CT molecular complexity index is 602. The van der Waals surface area contributed by atoms with Crippen LogP contribution < -0.4 is 10.1 Å². The van der Waals surface area contributed by atoms with Gasteiger partial charge in [0.2, 0.25) is 5.88 Å². The van der Waals surface area contributed by atoms with Gasteiger partial charge in [0, 0.05) is 30.7 Å². The Balaban J connectivity index is 2.13. The quantitative estimate of drug-likeness (QED) is 0.875. The molecule has 0 saturated carbocycles. The molecule has 21 heavy (non-hydrogen) atoms. The van der Waals surface area contributed by atoms with E-state index in [2.05, 4.69) is 41.7 Å². The highest BCUT2D eigenvalue weighted by Gasteiger charge is 2.10. The van der Waals surface area contributed by atoms with Gasteiger partial charge in [-0.15, -0.1) is 0 Å². The van der Waals surface area contributed by atoms with Crippen LogP contribution >= 0.6 is 0 Å². The van der Waals surface area contributed by atoms with Crippen LogP contribution in [0.2, 0.25) is 0 Å². The second-order valence-electron chi connectivity index (χ2n) is 5.52. The summed E-state index contributed by atoms with van der Waals surface area (Å²) in [6.45, 7) is 12.3. The standard InChI is InChI=1S/C17H25N3O/c1-6-20-13(4)10-15(14(20)5)11-19-16-8-7-9-18-17(16)21-12(2)3/h7-10,12,19H,6,11H2,1-5H3. The number of hydrogen-bond acceptors (Lipinski definition) is 3. The van der Waals surface area contributed by atoms with Gasteiger partial charge in [0.1, 0.15) is 0 Å². The van der Waals surface area contributed by atoms with Gasteiger partial charge in [0.05, 0.1) is 11.8 Å². The van der Waals surface area contributed by atoms with Gasteiger partial charge in [-0.2, -0.15) is 0 Å². The average Bonchev–Trinajstić information content (AvgIpc) is 2.71. The first-order chi connectivity index (χ1) is 10.0. The summed E-state index contributed by atoms with van der Waals surface area (Å²) in [6.07, 6.45) is 1.87.